The summed E-state index contributed by atoms with van der Waals surface area (Å²) in [5.74, 6) is -0.867. The molecule has 1 rings (SSSR count). The number of aliphatic hydroxyl groups excluding tert-OH is 1. The molecule has 0 spiro atoms. The lowest BCUT2D eigenvalue weighted by Crippen LogP contribution is -2.57. The predicted octanol–water partition coefficient (Wildman–Crippen LogP) is 1.51. The van der Waals surface area contributed by atoms with Crippen LogP contribution in [0.5, 0.6) is 0 Å². The molecular formula is C15H24O5. The van der Waals surface area contributed by atoms with Crippen LogP contribution in [0.15, 0.2) is 0 Å². The second kappa shape index (κ2) is 6.04. The number of hydrogen-bond acceptors (Lipinski definition) is 5. The van der Waals surface area contributed by atoms with Crippen LogP contribution in [0.1, 0.15) is 46.5 Å². The summed E-state index contributed by atoms with van der Waals surface area (Å²) in [5, 5.41) is 9.58. The van der Waals surface area contributed by atoms with Crippen LogP contribution < -0.4 is 0 Å². The minimum absolute atomic E-state index is 0.0163. The number of ether oxygens (including phenoxy) is 1. The van der Waals surface area contributed by atoms with E-state index in [2.05, 4.69) is 0 Å². The van der Waals surface area contributed by atoms with Crippen molar-refractivity contribution in [3.05, 3.63) is 0 Å². The van der Waals surface area contributed by atoms with Crippen molar-refractivity contribution in [3.8, 4) is 0 Å². The maximum Gasteiger partial charge on any atom is 0.312 e. The summed E-state index contributed by atoms with van der Waals surface area (Å²) in [6.45, 7) is 4.69. The van der Waals surface area contributed by atoms with Crippen LogP contribution in [0.4, 0.5) is 0 Å². The first-order chi connectivity index (χ1) is 9.23. The van der Waals surface area contributed by atoms with Crippen LogP contribution >= 0.6 is 0 Å². The Hall–Kier alpha value is -1.23. The van der Waals surface area contributed by atoms with Crippen LogP contribution in [0, 0.1) is 16.7 Å². The lowest BCUT2D eigenvalue weighted by Gasteiger charge is -2.50. The largest absolute Gasteiger partial charge is 0.469 e. The van der Waals surface area contributed by atoms with Gasteiger partial charge in [0.1, 0.15) is 11.6 Å². The third-order valence-corrected chi connectivity index (χ3v) is 5.10. The highest BCUT2D eigenvalue weighted by Gasteiger charge is 2.60. The van der Waals surface area contributed by atoms with Gasteiger partial charge in [-0.2, -0.15) is 0 Å². The Kier molecular flexibility index (Phi) is 5.08. The van der Waals surface area contributed by atoms with Crippen molar-refractivity contribution < 1.29 is 24.2 Å². The van der Waals surface area contributed by atoms with Gasteiger partial charge in [0.15, 0.2) is 0 Å². The molecule has 1 N–H and O–H groups in total. The fraction of sp³-hybridized carbons (Fsp3) is 0.800. The molecule has 20 heavy (non-hydrogen) atoms. The van der Waals surface area contributed by atoms with Gasteiger partial charge in [-0.05, 0) is 32.6 Å². The number of hydrogen-bond donors (Lipinski definition) is 1. The van der Waals surface area contributed by atoms with Gasteiger partial charge in [-0.25, -0.2) is 0 Å². The molecule has 1 saturated carbocycles. The van der Waals surface area contributed by atoms with Crippen molar-refractivity contribution in [1.29, 1.82) is 0 Å². The van der Waals surface area contributed by atoms with E-state index >= 15 is 0 Å². The van der Waals surface area contributed by atoms with Crippen molar-refractivity contribution in [2.75, 3.05) is 13.7 Å². The summed E-state index contributed by atoms with van der Waals surface area (Å²) >= 11 is 0. The highest BCUT2D eigenvalue weighted by molar-refractivity contribution is 5.94. The summed E-state index contributed by atoms with van der Waals surface area (Å²) < 4.78 is 4.89. The fourth-order valence-electron chi connectivity index (χ4n) is 3.31. The number of esters is 1. The Bertz CT molecular complexity index is 416. The van der Waals surface area contributed by atoms with Crippen molar-refractivity contribution >= 4 is 17.5 Å². The first-order valence-electron chi connectivity index (χ1n) is 6.96. The summed E-state index contributed by atoms with van der Waals surface area (Å²) in [6.07, 6.45) is 1.35. The molecule has 1 fully saturated rings. The first kappa shape index (κ1) is 16.8. The van der Waals surface area contributed by atoms with Gasteiger partial charge in [0, 0.05) is 24.9 Å². The molecule has 0 amide bonds. The van der Waals surface area contributed by atoms with E-state index in [0.29, 0.717) is 19.3 Å². The lowest BCUT2D eigenvalue weighted by molar-refractivity contribution is -0.179. The molecule has 0 radical (unpaired) electrons. The Morgan fingerprint density at radius 2 is 2.00 bits per heavy atom. The van der Waals surface area contributed by atoms with Crippen LogP contribution in [0.2, 0.25) is 0 Å². The summed E-state index contributed by atoms with van der Waals surface area (Å²) in [7, 11) is 1.28. The van der Waals surface area contributed by atoms with Crippen molar-refractivity contribution in [1.82, 2.24) is 0 Å². The number of rotatable bonds is 5. The molecule has 114 valence electrons. The van der Waals surface area contributed by atoms with Gasteiger partial charge < -0.3 is 14.6 Å². The van der Waals surface area contributed by atoms with Gasteiger partial charge in [-0.15, -0.1) is 0 Å². The Labute approximate surface area is 119 Å². The molecule has 5 heteroatoms. The average Bonchev–Trinajstić information content (AvgIpc) is 2.42. The van der Waals surface area contributed by atoms with E-state index in [0.717, 1.165) is 0 Å². The zero-order chi connectivity index (χ0) is 15.6. The van der Waals surface area contributed by atoms with E-state index in [-0.39, 0.29) is 30.5 Å². The van der Waals surface area contributed by atoms with E-state index in [9.17, 15) is 19.5 Å². The minimum Gasteiger partial charge on any atom is -0.469 e. The normalized spacial score (nSPS) is 33.9. The number of aliphatic hydroxyl groups is 1. The van der Waals surface area contributed by atoms with Crippen LogP contribution in [-0.2, 0) is 19.1 Å². The number of carbonyl (C=O) groups is 3. The zero-order valence-corrected chi connectivity index (χ0v) is 12.7. The standard InChI is InChI=1S/C15H24O5/c1-10(17)7-8-14(2)12(18)6-5-11(9-16)15(14,3)13(19)20-4/h11,16H,5-9H2,1-4H3/t11-,14-,15+/m0/s1. The van der Waals surface area contributed by atoms with Gasteiger partial charge in [-0.3, -0.25) is 9.59 Å². The molecule has 0 aromatic carbocycles. The quantitative estimate of drug-likeness (QED) is 0.774. The van der Waals surface area contributed by atoms with E-state index in [1.165, 1.54) is 14.0 Å². The monoisotopic (exact) mass is 284 g/mol. The third kappa shape index (κ3) is 2.51. The summed E-state index contributed by atoms with van der Waals surface area (Å²) in [4.78, 5) is 36.0. The van der Waals surface area contributed by atoms with Gasteiger partial charge in [0.05, 0.1) is 12.5 Å². The molecule has 0 aromatic heterocycles. The molecule has 1 aliphatic rings. The van der Waals surface area contributed by atoms with E-state index in [1.807, 2.05) is 0 Å². The number of Topliss-reactive ketones (excluding diaryl/α,β-unsaturated/α-hetero) is 2. The van der Waals surface area contributed by atoms with Gasteiger partial charge >= 0.3 is 5.97 Å². The number of methoxy groups -OCH3 is 1. The molecular weight excluding hydrogens is 260 g/mol. The second-order valence-corrected chi connectivity index (χ2v) is 6.07. The highest BCUT2D eigenvalue weighted by Crippen LogP contribution is 2.54. The third-order valence-electron chi connectivity index (χ3n) is 5.10. The second-order valence-electron chi connectivity index (χ2n) is 6.07. The molecule has 0 aliphatic heterocycles. The van der Waals surface area contributed by atoms with Gasteiger partial charge in [-0.1, -0.05) is 6.92 Å². The molecule has 5 nitrogen and oxygen atoms in total. The van der Waals surface area contributed by atoms with Crippen molar-refractivity contribution in [2.45, 2.75) is 46.5 Å². The molecule has 1 aliphatic carbocycles. The van der Waals surface area contributed by atoms with E-state index in [1.54, 1.807) is 13.8 Å². The number of ketones is 2. The maximum absolute atomic E-state index is 12.4. The lowest BCUT2D eigenvalue weighted by atomic mass is 9.51. The van der Waals surface area contributed by atoms with Crippen LogP contribution in [0.3, 0.4) is 0 Å². The first-order valence-corrected chi connectivity index (χ1v) is 6.96. The highest BCUT2D eigenvalue weighted by atomic mass is 16.5. The van der Waals surface area contributed by atoms with Crippen molar-refractivity contribution in [2.24, 2.45) is 16.7 Å². The Balaban J connectivity index is 3.26. The van der Waals surface area contributed by atoms with Crippen molar-refractivity contribution in [3.63, 3.8) is 0 Å². The Morgan fingerprint density at radius 1 is 1.40 bits per heavy atom. The van der Waals surface area contributed by atoms with E-state index < -0.39 is 16.8 Å². The molecule has 0 unspecified atom stereocenters. The summed E-state index contributed by atoms with van der Waals surface area (Å²) in [5.41, 5.74) is -2.07. The number of carbonyl (C=O) groups excluding carboxylic acids is 3. The van der Waals surface area contributed by atoms with Crippen LogP contribution in [0.25, 0.3) is 0 Å². The smallest absolute Gasteiger partial charge is 0.312 e. The minimum atomic E-state index is -1.10. The van der Waals surface area contributed by atoms with Gasteiger partial charge in [0.25, 0.3) is 0 Å². The molecule has 3 atom stereocenters. The maximum atomic E-state index is 12.4. The fourth-order valence-corrected chi connectivity index (χ4v) is 3.31. The SMILES string of the molecule is COC(=O)[C@@]1(C)[C@H](CO)CCC(=O)[C@]1(C)CCC(C)=O. The van der Waals surface area contributed by atoms with Gasteiger partial charge in [0.2, 0.25) is 0 Å². The predicted molar refractivity (Wildman–Crippen MR) is 73.0 cm³/mol. The topological polar surface area (TPSA) is 80.7 Å². The van der Waals surface area contributed by atoms with Crippen LogP contribution in [-0.4, -0.2) is 36.4 Å². The summed E-state index contributed by atoms with van der Waals surface area (Å²) in [6, 6.07) is 0. The molecule has 0 saturated heterocycles. The zero-order valence-electron chi connectivity index (χ0n) is 12.7. The molecule has 0 heterocycles. The average molecular weight is 284 g/mol. The molecule has 0 bridgehead atoms. The molecule has 0 aromatic rings. The van der Waals surface area contributed by atoms with E-state index in [4.69, 9.17) is 4.74 Å². The Morgan fingerprint density at radius 3 is 2.45 bits per heavy atom.